The van der Waals surface area contributed by atoms with Crippen LogP contribution in [0.4, 0.5) is 0 Å². The van der Waals surface area contributed by atoms with E-state index in [1.807, 2.05) is 13.8 Å². The first kappa shape index (κ1) is 15.3. The molecule has 0 aromatic carbocycles. The van der Waals surface area contributed by atoms with Gasteiger partial charge in [0, 0.05) is 25.6 Å². The first-order valence-corrected chi connectivity index (χ1v) is 8.88. The van der Waals surface area contributed by atoms with Crippen molar-refractivity contribution >= 4 is 21.7 Å². The van der Waals surface area contributed by atoms with Gasteiger partial charge in [-0.1, -0.05) is 0 Å². The van der Waals surface area contributed by atoms with E-state index in [1.54, 1.807) is 4.90 Å². The molecule has 0 unspecified atom stereocenters. The standard InChI is InChI=1S/C13H22N2O4S/c1-9(2)15-7-11(5-12(15)16)13(17)14-6-10-3-4-20(18,19)8-10/h9-11H,3-8H2,1-2H3,(H,14,17)/t10-,11-/m1/s1. The van der Waals surface area contributed by atoms with Crippen LogP contribution in [0.5, 0.6) is 0 Å². The summed E-state index contributed by atoms with van der Waals surface area (Å²) in [6, 6.07) is 0.111. The van der Waals surface area contributed by atoms with Crippen LogP contribution in [-0.4, -0.2) is 55.8 Å². The summed E-state index contributed by atoms with van der Waals surface area (Å²) >= 11 is 0. The van der Waals surface area contributed by atoms with Crippen molar-refractivity contribution in [3.8, 4) is 0 Å². The summed E-state index contributed by atoms with van der Waals surface area (Å²) in [5.74, 6) is -0.0227. The number of nitrogens with one attached hydrogen (secondary N) is 1. The van der Waals surface area contributed by atoms with E-state index in [-0.39, 0.29) is 47.6 Å². The maximum atomic E-state index is 12.0. The van der Waals surface area contributed by atoms with Crippen molar-refractivity contribution in [2.45, 2.75) is 32.7 Å². The predicted molar refractivity (Wildman–Crippen MR) is 74.7 cm³/mol. The van der Waals surface area contributed by atoms with Crippen LogP contribution in [0, 0.1) is 11.8 Å². The molecule has 2 saturated heterocycles. The van der Waals surface area contributed by atoms with Crippen LogP contribution in [0.2, 0.25) is 0 Å². The SMILES string of the molecule is CC(C)N1C[C@H](C(=O)NC[C@H]2CCS(=O)(=O)C2)CC1=O. The van der Waals surface area contributed by atoms with Gasteiger partial charge >= 0.3 is 0 Å². The summed E-state index contributed by atoms with van der Waals surface area (Å²) in [6.07, 6.45) is 0.872. The number of likely N-dealkylation sites (tertiary alicyclic amines) is 1. The van der Waals surface area contributed by atoms with Crippen molar-refractivity contribution < 1.29 is 18.0 Å². The minimum absolute atomic E-state index is 0.0160. The van der Waals surface area contributed by atoms with Crippen molar-refractivity contribution in [1.29, 1.82) is 0 Å². The fourth-order valence-electron chi connectivity index (χ4n) is 2.83. The number of rotatable bonds is 4. The van der Waals surface area contributed by atoms with Crippen LogP contribution in [0.3, 0.4) is 0 Å². The lowest BCUT2D eigenvalue weighted by Crippen LogP contribution is -2.37. The molecule has 2 fully saturated rings. The Kier molecular flexibility index (Phi) is 4.36. The van der Waals surface area contributed by atoms with Gasteiger partial charge in [-0.3, -0.25) is 9.59 Å². The molecule has 0 bridgehead atoms. The highest BCUT2D eigenvalue weighted by Gasteiger charge is 2.36. The molecular weight excluding hydrogens is 280 g/mol. The summed E-state index contributed by atoms with van der Waals surface area (Å²) in [7, 11) is -2.90. The Morgan fingerprint density at radius 2 is 2.15 bits per heavy atom. The highest BCUT2D eigenvalue weighted by molar-refractivity contribution is 7.91. The zero-order chi connectivity index (χ0) is 14.9. The van der Waals surface area contributed by atoms with Crippen LogP contribution in [-0.2, 0) is 19.4 Å². The molecule has 2 atom stereocenters. The van der Waals surface area contributed by atoms with E-state index in [9.17, 15) is 18.0 Å². The Morgan fingerprint density at radius 3 is 2.65 bits per heavy atom. The molecule has 7 heteroatoms. The molecule has 2 rings (SSSR count). The van der Waals surface area contributed by atoms with Crippen LogP contribution in [0.25, 0.3) is 0 Å². The topological polar surface area (TPSA) is 83.6 Å². The van der Waals surface area contributed by atoms with Gasteiger partial charge in [0.25, 0.3) is 0 Å². The van der Waals surface area contributed by atoms with Crippen LogP contribution >= 0.6 is 0 Å². The van der Waals surface area contributed by atoms with E-state index < -0.39 is 9.84 Å². The highest BCUT2D eigenvalue weighted by Crippen LogP contribution is 2.21. The number of carbonyl (C=O) groups is 2. The van der Waals surface area contributed by atoms with Crippen molar-refractivity contribution in [2.75, 3.05) is 24.6 Å². The molecule has 0 radical (unpaired) electrons. The summed E-state index contributed by atoms with van der Waals surface area (Å²) in [5.41, 5.74) is 0. The largest absolute Gasteiger partial charge is 0.355 e. The normalized spacial score (nSPS) is 29.1. The first-order valence-electron chi connectivity index (χ1n) is 7.06. The lowest BCUT2D eigenvalue weighted by Gasteiger charge is -2.20. The summed E-state index contributed by atoms with van der Waals surface area (Å²) in [4.78, 5) is 25.5. The second-order valence-corrected chi connectivity index (χ2v) is 8.28. The van der Waals surface area contributed by atoms with Crippen molar-refractivity contribution in [2.24, 2.45) is 11.8 Å². The van der Waals surface area contributed by atoms with Gasteiger partial charge < -0.3 is 10.2 Å². The van der Waals surface area contributed by atoms with E-state index in [1.165, 1.54) is 0 Å². The zero-order valence-electron chi connectivity index (χ0n) is 12.0. The monoisotopic (exact) mass is 302 g/mol. The van der Waals surface area contributed by atoms with Gasteiger partial charge in [0.2, 0.25) is 11.8 Å². The molecule has 2 aliphatic rings. The minimum Gasteiger partial charge on any atom is -0.355 e. The lowest BCUT2D eigenvalue weighted by atomic mass is 10.1. The van der Waals surface area contributed by atoms with Crippen LogP contribution in [0.1, 0.15) is 26.7 Å². The number of amides is 2. The zero-order valence-corrected chi connectivity index (χ0v) is 12.8. The number of sulfone groups is 1. The van der Waals surface area contributed by atoms with Gasteiger partial charge in [-0.15, -0.1) is 0 Å². The van der Waals surface area contributed by atoms with Crippen LogP contribution in [0.15, 0.2) is 0 Å². The summed E-state index contributed by atoms with van der Waals surface area (Å²) < 4.78 is 22.7. The third kappa shape index (κ3) is 3.50. The second-order valence-electron chi connectivity index (χ2n) is 6.06. The third-order valence-electron chi connectivity index (χ3n) is 4.04. The fraction of sp³-hybridized carbons (Fsp3) is 0.846. The average Bonchev–Trinajstić information content (AvgIpc) is 2.89. The van der Waals surface area contributed by atoms with E-state index in [4.69, 9.17) is 0 Å². The van der Waals surface area contributed by atoms with E-state index >= 15 is 0 Å². The average molecular weight is 302 g/mol. The van der Waals surface area contributed by atoms with Gasteiger partial charge in [0.15, 0.2) is 9.84 Å². The maximum Gasteiger partial charge on any atom is 0.225 e. The number of hydrogen-bond acceptors (Lipinski definition) is 4. The van der Waals surface area contributed by atoms with Crippen molar-refractivity contribution in [1.82, 2.24) is 10.2 Å². The summed E-state index contributed by atoms with van der Waals surface area (Å²) in [6.45, 7) is 4.72. The molecule has 0 saturated carbocycles. The van der Waals surface area contributed by atoms with Crippen LogP contribution < -0.4 is 5.32 Å². The molecule has 20 heavy (non-hydrogen) atoms. The van der Waals surface area contributed by atoms with E-state index in [0.717, 1.165) is 0 Å². The fourth-order valence-corrected chi connectivity index (χ4v) is 4.69. The Balaban J connectivity index is 1.80. The molecule has 2 amide bonds. The molecule has 0 aliphatic carbocycles. The summed E-state index contributed by atoms with van der Waals surface area (Å²) in [5, 5.41) is 2.80. The van der Waals surface area contributed by atoms with Gasteiger partial charge in [-0.25, -0.2) is 8.42 Å². The van der Waals surface area contributed by atoms with Crippen molar-refractivity contribution in [3.63, 3.8) is 0 Å². The van der Waals surface area contributed by atoms with E-state index in [2.05, 4.69) is 5.32 Å². The number of nitrogens with zero attached hydrogens (tertiary/aromatic N) is 1. The molecule has 1 N–H and O–H groups in total. The van der Waals surface area contributed by atoms with Gasteiger partial charge in [-0.05, 0) is 26.2 Å². The molecular formula is C13H22N2O4S. The smallest absolute Gasteiger partial charge is 0.225 e. The minimum atomic E-state index is -2.90. The molecule has 0 spiro atoms. The number of carbonyl (C=O) groups excluding carboxylic acids is 2. The molecule has 2 aliphatic heterocycles. The molecule has 2 heterocycles. The predicted octanol–water partition coefficient (Wildman–Crippen LogP) is -0.206. The van der Waals surface area contributed by atoms with Gasteiger partial charge in [0.1, 0.15) is 0 Å². The Labute approximate surface area is 119 Å². The molecule has 114 valence electrons. The van der Waals surface area contributed by atoms with Gasteiger partial charge in [-0.2, -0.15) is 0 Å². The lowest BCUT2D eigenvalue weighted by molar-refractivity contribution is -0.129. The second kappa shape index (κ2) is 5.71. The van der Waals surface area contributed by atoms with E-state index in [0.29, 0.717) is 19.5 Å². The highest BCUT2D eigenvalue weighted by atomic mass is 32.2. The number of hydrogen-bond donors (Lipinski definition) is 1. The first-order chi connectivity index (χ1) is 9.28. The Bertz CT molecular complexity index is 501. The Hall–Kier alpha value is -1.11. The van der Waals surface area contributed by atoms with Crippen molar-refractivity contribution in [3.05, 3.63) is 0 Å². The maximum absolute atomic E-state index is 12.0. The van der Waals surface area contributed by atoms with Gasteiger partial charge in [0.05, 0.1) is 17.4 Å². The molecule has 6 nitrogen and oxygen atoms in total. The quantitative estimate of drug-likeness (QED) is 0.779. The third-order valence-corrected chi connectivity index (χ3v) is 5.88. The Morgan fingerprint density at radius 1 is 1.45 bits per heavy atom. The molecule has 0 aromatic heterocycles. The molecule has 0 aromatic rings.